The van der Waals surface area contributed by atoms with Crippen LogP contribution in [0.1, 0.15) is 65.2 Å². The summed E-state index contributed by atoms with van der Waals surface area (Å²) in [4.78, 5) is 17.3. The van der Waals surface area contributed by atoms with Crippen molar-refractivity contribution in [3.63, 3.8) is 0 Å². The Balaban J connectivity index is 1.64. The number of carbonyl (C=O) groups excluding carboxylic acids is 1. The molecule has 1 amide bonds. The van der Waals surface area contributed by atoms with E-state index in [0.29, 0.717) is 35.4 Å². The predicted molar refractivity (Wildman–Crippen MR) is 102 cm³/mol. The summed E-state index contributed by atoms with van der Waals surface area (Å²) in [6, 6.07) is 0.117. The van der Waals surface area contributed by atoms with Gasteiger partial charge >= 0.3 is 0 Å². The molecule has 3 N–H and O–H groups in total. The van der Waals surface area contributed by atoms with E-state index in [1.807, 2.05) is 0 Å². The monoisotopic (exact) mass is 367 g/mol. The summed E-state index contributed by atoms with van der Waals surface area (Å²) in [5.41, 5.74) is 6.21. The molecule has 3 rings (SSSR count). The third-order valence-electron chi connectivity index (χ3n) is 6.12. The molecule has 0 aromatic rings. The van der Waals surface area contributed by atoms with Gasteiger partial charge in [-0.2, -0.15) is 0 Å². The molecule has 0 radical (unpaired) electrons. The minimum absolute atomic E-state index is 0.117. The van der Waals surface area contributed by atoms with Gasteiger partial charge in [-0.25, -0.2) is 4.39 Å². The van der Waals surface area contributed by atoms with Crippen molar-refractivity contribution in [1.29, 1.82) is 0 Å². The molecule has 1 heterocycles. The van der Waals surface area contributed by atoms with Gasteiger partial charge < -0.3 is 11.1 Å². The highest BCUT2D eigenvalue weighted by Crippen LogP contribution is 2.40. The Labute approximate surface area is 154 Å². The second-order valence-electron chi connectivity index (χ2n) is 8.17. The fourth-order valence-corrected chi connectivity index (χ4v) is 5.45. The van der Waals surface area contributed by atoms with E-state index in [1.54, 1.807) is 11.8 Å². The number of hydrogen-bond acceptors (Lipinski definition) is 4. The van der Waals surface area contributed by atoms with E-state index in [0.717, 1.165) is 44.3 Å². The molecule has 2 aliphatic carbocycles. The van der Waals surface area contributed by atoms with E-state index >= 15 is 0 Å². The van der Waals surface area contributed by atoms with Crippen LogP contribution in [-0.4, -0.2) is 28.4 Å². The van der Waals surface area contributed by atoms with Crippen LogP contribution in [0, 0.1) is 11.8 Å². The zero-order valence-electron chi connectivity index (χ0n) is 15.3. The first-order valence-electron chi connectivity index (χ1n) is 9.54. The van der Waals surface area contributed by atoms with E-state index in [2.05, 4.69) is 19.2 Å². The topological polar surface area (TPSA) is 67.5 Å². The second-order valence-corrected chi connectivity index (χ2v) is 9.29. The average Bonchev–Trinajstić information content (AvgIpc) is 2.57. The lowest BCUT2D eigenvalue weighted by Gasteiger charge is -2.41. The fraction of sp³-hybridized carbons (Fsp3) is 0.789. The third-order valence-corrected chi connectivity index (χ3v) is 6.92. The molecule has 0 aromatic heterocycles. The maximum absolute atomic E-state index is 14.1. The number of halogens is 1. The Bertz CT molecular complexity index is 591. The number of allylic oxidation sites excluding steroid dienone is 1. The standard InChI is InChI=1S/C19H30FN3OS/c1-12-6-7-16(20)15(10-12)17(24)22-14-5-3-4-13(11-14)19(2)8-9-25-18(21)23-19/h12-14H,3-11H2,1-2H3,(H2,21,23)(H,22,24). The van der Waals surface area contributed by atoms with Gasteiger partial charge in [0.1, 0.15) is 5.83 Å². The van der Waals surface area contributed by atoms with Gasteiger partial charge in [0.05, 0.1) is 5.54 Å². The van der Waals surface area contributed by atoms with E-state index in [-0.39, 0.29) is 23.3 Å². The number of hydrogen-bond donors (Lipinski definition) is 2. The molecule has 0 bridgehead atoms. The van der Waals surface area contributed by atoms with Gasteiger partial charge in [-0.3, -0.25) is 9.79 Å². The highest BCUT2D eigenvalue weighted by Gasteiger charge is 2.39. The zero-order valence-corrected chi connectivity index (χ0v) is 16.1. The number of amidine groups is 1. The predicted octanol–water partition coefficient (Wildman–Crippen LogP) is 3.92. The molecule has 4 unspecified atom stereocenters. The summed E-state index contributed by atoms with van der Waals surface area (Å²) in [5.74, 6) is 1.42. The van der Waals surface area contributed by atoms with Gasteiger partial charge in [0, 0.05) is 17.4 Å². The van der Waals surface area contributed by atoms with Crippen LogP contribution in [0.5, 0.6) is 0 Å². The number of aliphatic imine (C=N–C) groups is 1. The first-order chi connectivity index (χ1) is 11.9. The van der Waals surface area contributed by atoms with E-state index in [1.165, 1.54) is 0 Å². The van der Waals surface area contributed by atoms with Crippen molar-refractivity contribution < 1.29 is 9.18 Å². The molecule has 1 saturated carbocycles. The normalized spacial score (nSPS) is 36.8. The highest BCUT2D eigenvalue weighted by molar-refractivity contribution is 8.13. The molecule has 0 saturated heterocycles. The lowest BCUT2D eigenvalue weighted by Crippen LogP contribution is -2.46. The van der Waals surface area contributed by atoms with Crippen LogP contribution in [0.25, 0.3) is 0 Å². The van der Waals surface area contributed by atoms with Crippen molar-refractivity contribution in [3.05, 3.63) is 11.4 Å². The number of carbonyl (C=O) groups is 1. The molecule has 0 aromatic carbocycles. The summed E-state index contributed by atoms with van der Waals surface area (Å²) in [7, 11) is 0. The van der Waals surface area contributed by atoms with Crippen LogP contribution in [0.2, 0.25) is 0 Å². The van der Waals surface area contributed by atoms with Crippen molar-refractivity contribution in [1.82, 2.24) is 5.32 Å². The van der Waals surface area contributed by atoms with Crippen molar-refractivity contribution in [2.24, 2.45) is 22.6 Å². The fourth-order valence-electron chi connectivity index (χ4n) is 4.46. The molecule has 3 aliphatic rings. The number of nitrogens with two attached hydrogens (primary N) is 1. The Morgan fingerprint density at radius 1 is 1.40 bits per heavy atom. The minimum Gasteiger partial charge on any atom is -0.379 e. The molecular formula is C19H30FN3OS. The molecule has 140 valence electrons. The van der Waals surface area contributed by atoms with E-state index < -0.39 is 0 Å². The SMILES string of the molecule is CC1CCC(F)=C(C(=O)NC2CCCC(C3(C)CCSC(N)=N3)C2)C1. The Morgan fingerprint density at radius 2 is 2.20 bits per heavy atom. The van der Waals surface area contributed by atoms with Gasteiger partial charge in [0.15, 0.2) is 5.17 Å². The smallest absolute Gasteiger partial charge is 0.250 e. The largest absolute Gasteiger partial charge is 0.379 e. The summed E-state index contributed by atoms with van der Waals surface area (Å²) < 4.78 is 14.1. The zero-order chi connectivity index (χ0) is 18.0. The Hall–Kier alpha value is -1.04. The van der Waals surface area contributed by atoms with Gasteiger partial charge in [0.2, 0.25) is 5.91 Å². The van der Waals surface area contributed by atoms with Crippen molar-refractivity contribution in [3.8, 4) is 0 Å². The number of rotatable bonds is 3. The third kappa shape index (κ3) is 4.39. The maximum Gasteiger partial charge on any atom is 0.250 e. The molecule has 6 heteroatoms. The number of nitrogens with zero attached hydrogens (tertiary/aromatic N) is 1. The van der Waals surface area contributed by atoms with Crippen LogP contribution < -0.4 is 11.1 Å². The second kappa shape index (κ2) is 7.68. The number of amides is 1. The summed E-state index contributed by atoms with van der Waals surface area (Å²) >= 11 is 1.63. The van der Waals surface area contributed by atoms with Crippen molar-refractivity contribution >= 4 is 22.8 Å². The van der Waals surface area contributed by atoms with Crippen molar-refractivity contribution in [2.75, 3.05) is 5.75 Å². The van der Waals surface area contributed by atoms with Gasteiger partial charge in [-0.1, -0.05) is 25.1 Å². The first-order valence-corrected chi connectivity index (χ1v) is 10.5. The van der Waals surface area contributed by atoms with Gasteiger partial charge in [-0.15, -0.1) is 0 Å². The molecule has 1 fully saturated rings. The summed E-state index contributed by atoms with van der Waals surface area (Å²) in [5, 5.41) is 3.80. The number of nitrogens with one attached hydrogen (secondary N) is 1. The van der Waals surface area contributed by atoms with Crippen LogP contribution in [0.15, 0.2) is 16.4 Å². The average molecular weight is 368 g/mol. The summed E-state index contributed by atoms with van der Waals surface area (Å²) in [6.07, 6.45) is 6.91. The maximum atomic E-state index is 14.1. The van der Waals surface area contributed by atoms with Crippen LogP contribution in [0.4, 0.5) is 4.39 Å². The molecule has 25 heavy (non-hydrogen) atoms. The molecule has 4 nitrogen and oxygen atoms in total. The van der Waals surface area contributed by atoms with Crippen LogP contribution in [-0.2, 0) is 4.79 Å². The Morgan fingerprint density at radius 3 is 2.96 bits per heavy atom. The van der Waals surface area contributed by atoms with E-state index in [4.69, 9.17) is 10.7 Å². The van der Waals surface area contributed by atoms with Crippen LogP contribution in [0.3, 0.4) is 0 Å². The highest BCUT2D eigenvalue weighted by atomic mass is 32.2. The van der Waals surface area contributed by atoms with Gasteiger partial charge in [-0.05, 0) is 63.7 Å². The summed E-state index contributed by atoms with van der Waals surface area (Å²) in [6.45, 7) is 4.28. The Kier molecular flexibility index (Phi) is 5.76. The molecular weight excluding hydrogens is 337 g/mol. The quantitative estimate of drug-likeness (QED) is 0.794. The molecule has 0 spiro atoms. The minimum atomic E-state index is -0.211. The first kappa shape index (κ1) is 18.7. The lowest BCUT2D eigenvalue weighted by molar-refractivity contribution is -0.119. The van der Waals surface area contributed by atoms with Crippen molar-refractivity contribution in [2.45, 2.75) is 76.8 Å². The molecule has 4 atom stereocenters. The van der Waals surface area contributed by atoms with Crippen LogP contribution >= 0.6 is 11.8 Å². The molecule has 1 aliphatic heterocycles. The van der Waals surface area contributed by atoms with E-state index in [9.17, 15) is 9.18 Å². The van der Waals surface area contributed by atoms with Gasteiger partial charge in [0.25, 0.3) is 0 Å². The number of thioether (sulfide) groups is 1. The lowest BCUT2D eigenvalue weighted by atomic mass is 9.73.